The van der Waals surface area contributed by atoms with Crippen molar-refractivity contribution >= 4 is 5.91 Å². The van der Waals surface area contributed by atoms with E-state index in [2.05, 4.69) is 12.2 Å². The van der Waals surface area contributed by atoms with Gasteiger partial charge in [0.05, 0.1) is 5.92 Å². The van der Waals surface area contributed by atoms with Gasteiger partial charge in [0, 0.05) is 12.5 Å². The van der Waals surface area contributed by atoms with Crippen LogP contribution < -0.4 is 0 Å². The summed E-state index contributed by atoms with van der Waals surface area (Å²) in [5, 5.41) is 10.5. The van der Waals surface area contributed by atoms with Crippen LogP contribution in [0.2, 0.25) is 0 Å². The lowest BCUT2D eigenvalue weighted by atomic mass is 9.85. The number of aliphatic hydroxyl groups is 1. The molecule has 3 nitrogen and oxygen atoms in total. The number of rotatable bonds is 2. The van der Waals surface area contributed by atoms with Crippen molar-refractivity contribution in [3.05, 3.63) is 48.0 Å². The summed E-state index contributed by atoms with van der Waals surface area (Å²) in [5.74, 6) is 1.03. The molecule has 1 saturated heterocycles. The van der Waals surface area contributed by atoms with Gasteiger partial charge in [-0.05, 0) is 23.8 Å². The quantitative estimate of drug-likeness (QED) is 0.818. The fourth-order valence-corrected chi connectivity index (χ4v) is 4.10. The summed E-state index contributed by atoms with van der Waals surface area (Å²) in [6.45, 7) is 0.521. The van der Waals surface area contributed by atoms with Crippen molar-refractivity contribution in [3.8, 4) is 0 Å². The molecule has 0 radical (unpaired) electrons. The van der Waals surface area contributed by atoms with E-state index in [0.29, 0.717) is 18.4 Å². The van der Waals surface area contributed by atoms with Gasteiger partial charge < -0.3 is 10.0 Å². The maximum absolute atomic E-state index is 12.5. The Bertz CT molecular complexity index is 539. The average Bonchev–Trinajstić information content (AvgIpc) is 3.10. The number of allylic oxidation sites excluding steroid dienone is 2. The topological polar surface area (TPSA) is 40.5 Å². The van der Waals surface area contributed by atoms with E-state index in [1.54, 1.807) is 4.90 Å². The van der Waals surface area contributed by atoms with Gasteiger partial charge in [0.25, 0.3) is 0 Å². The molecule has 1 heterocycles. The Labute approximate surface area is 112 Å². The van der Waals surface area contributed by atoms with E-state index in [1.165, 1.54) is 0 Å². The van der Waals surface area contributed by atoms with Gasteiger partial charge >= 0.3 is 0 Å². The van der Waals surface area contributed by atoms with Crippen molar-refractivity contribution in [2.24, 2.45) is 23.7 Å². The number of aliphatic hydroxyl groups excluding tert-OH is 1. The Morgan fingerprint density at radius 1 is 1.16 bits per heavy atom. The average molecular weight is 255 g/mol. The molecule has 3 heteroatoms. The van der Waals surface area contributed by atoms with E-state index >= 15 is 0 Å². The molecule has 4 rings (SSSR count). The van der Waals surface area contributed by atoms with Crippen molar-refractivity contribution in [2.45, 2.75) is 19.2 Å². The van der Waals surface area contributed by atoms with E-state index < -0.39 is 6.23 Å². The van der Waals surface area contributed by atoms with E-state index in [9.17, 15) is 9.90 Å². The predicted molar refractivity (Wildman–Crippen MR) is 70.7 cm³/mol. The molecule has 1 aliphatic heterocycles. The highest BCUT2D eigenvalue weighted by molar-refractivity contribution is 5.83. The van der Waals surface area contributed by atoms with Crippen LogP contribution in [0.5, 0.6) is 0 Å². The predicted octanol–water partition coefficient (Wildman–Crippen LogP) is 1.79. The largest absolute Gasteiger partial charge is 0.373 e. The zero-order valence-electron chi connectivity index (χ0n) is 10.6. The molecule has 2 aliphatic carbocycles. The molecule has 3 aliphatic rings. The van der Waals surface area contributed by atoms with E-state index in [1.807, 2.05) is 30.3 Å². The number of nitrogens with zero attached hydrogens (tertiary/aromatic N) is 1. The summed E-state index contributed by atoms with van der Waals surface area (Å²) >= 11 is 0. The number of benzene rings is 1. The van der Waals surface area contributed by atoms with Crippen LogP contribution >= 0.6 is 0 Å². The minimum atomic E-state index is -0.613. The number of hydrogen-bond donors (Lipinski definition) is 1. The number of likely N-dealkylation sites (tertiary alicyclic amines) is 1. The Morgan fingerprint density at radius 3 is 2.63 bits per heavy atom. The third-order valence-corrected chi connectivity index (χ3v) is 4.95. The van der Waals surface area contributed by atoms with Crippen LogP contribution in [-0.4, -0.2) is 22.1 Å². The first-order valence-electron chi connectivity index (χ1n) is 6.96. The minimum Gasteiger partial charge on any atom is -0.373 e. The van der Waals surface area contributed by atoms with Gasteiger partial charge in [-0.1, -0.05) is 42.5 Å². The molecule has 2 bridgehead atoms. The maximum Gasteiger partial charge on any atom is 0.229 e. The number of amides is 1. The standard InChI is InChI=1S/C16H17NO2/c18-15-13-11-6-7-12(8-11)14(13)16(19)17(15)9-10-4-2-1-3-5-10/h1-7,11-15,18H,8-9H2/t11-,12+,13-,14+,15+/m1/s1. The van der Waals surface area contributed by atoms with Gasteiger partial charge in [-0.3, -0.25) is 4.79 Å². The Morgan fingerprint density at radius 2 is 1.89 bits per heavy atom. The first-order valence-corrected chi connectivity index (χ1v) is 6.96. The fourth-order valence-electron chi connectivity index (χ4n) is 4.10. The van der Waals surface area contributed by atoms with E-state index in [4.69, 9.17) is 0 Å². The SMILES string of the molecule is O=C1[C@@H]2[C@@H]([C@@H]3C=C[C@H]2C3)[C@H](O)N1Cc1ccccc1. The molecule has 1 saturated carbocycles. The maximum atomic E-state index is 12.5. The number of fused-ring (bicyclic) bond motifs is 5. The molecule has 5 atom stereocenters. The van der Waals surface area contributed by atoms with Gasteiger partial charge in [0.1, 0.15) is 6.23 Å². The van der Waals surface area contributed by atoms with Crippen molar-refractivity contribution in [1.29, 1.82) is 0 Å². The molecular formula is C16H17NO2. The molecule has 0 aromatic heterocycles. The van der Waals surface area contributed by atoms with Crippen molar-refractivity contribution in [1.82, 2.24) is 4.90 Å². The van der Waals surface area contributed by atoms with Crippen molar-refractivity contribution in [2.75, 3.05) is 0 Å². The van der Waals surface area contributed by atoms with Crippen LogP contribution in [0.15, 0.2) is 42.5 Å². The van der Waals surface area contributed by atoms with E-state index in [0.717, 1.165) is 12.0 Å². The fraction of sp³-hybridized carbons (Fsp3) is 0.438. The van der Waals surface area contributed by atoms with Crippen LogP contribution in [0, 0.1) is 23.7 Å². The van der Waals surface area contributed by atoms with Crippen LogP contribution in [0.1, 0.15) is 12.0 Å². The van der Waals surface area contributed by atoms with Gasteiger partial charge in [-0.25, -0.2) is 0 Å². The number of carbonyl (C=O) groups excluding carboxylic acids is 1. The van der Waals surface area contributed by atoms with Gasteiger partial charge in [-0.2, -0.15) is 0 Å². The molecule has 98 valence electrons. The highest BCUT2D eigenvalue weighted by Gasteiger charge is 2.58. The van der Waals surface area contributed by atoms with Crippen LogP contribution in [0.4, 0.5) is 0 Å². The molecular weight excluding hydrogens is 238 g/mol. The molecule has 1 amide bonds. The van der Waals surface area contributed by atoms with Gasteiger partial charge in [0.15, 0.2) is 0 Å². The molecule has 2 fully saturated rings. The van der Waals surface area contributed by atoms with E-state index in [-0.39, 0.29) is 17.7 Å². The Kier molecular flexibility index (Phi) is 2.33. The lowest BCUT2D eigenvalue weighted by molar-refractivity contribution is -0.137. The second-order valence-corrected chi connectivity index (χ2v) is 5.92. The lowest BCUT2D eigenvalue weighted by Gasteiger charge is -2.25. The summed E-state index contributed by atoms with van der Waals surface area (Å²) in [6, 6.07) is 9.90. The normalized spacial score (nSPS) is 39.1. The van der Waals surface area contributed by atoms with Gasteiger partial charge in [-0.15, -0.1) is 0 Å². The summed E-state index contributed by atoms with van der Waals surface area (Å²) in [5.41, 5.74) is 1.08. The summed E-state index contributed by atoms with van der Waals surface area (Å²) in [7, 11) is 0. The minimum absolute atomic E-state index is 0.0220. The smallest absolute Gasteiger partial charge is 0.229 e. The zero-order chi connectivity index (χ0) is 13.0. The summed E-state index contributed by atoms with van der Waals surface area (Å²) < 4.78 is 0. The van der Waals surface area contributed by atoms with Crippen LogP contribution in [0.25, 0.3) is 0 Å². The molecule has 1 aromatic rings. The molecule has 1 N–H and O–H groups in total. The molecule has 19 heavy (non-hydrogen) atoms. The monoisotopic (exact) mass is 255 g/mol. The third kappa shape index (κ3) is 1.51. The van der Waals surface area contributed by atoms with Crippen molar-refractivity contribution < 1.29 is 9.90 Å². The molecule has 0 spiro atoms. The zero-order valence-corrected chi connectivity index (χ0v) is 10.6. The third-order valence-electron chi connectivity index (χ3n) is 4.95. The molecule has 0 unspecified atom stereocenters. The van der Waals surface area contributed by atoms with Crippen LogP contribution in [0.3, 0.4) is 0 Å². The van der Waals surface area contributed by atoms with Crippen LogP contribution in [-0.2, 0) is 11.3 Å². The highest BCUT2D eigenvalue weighted by atomic mass is 16.3. The second kappa shape index (κ2) is 3.94. The number of hydrogen-bond acceptors (Lipinski definition) is 2. The molecule has 1 aromatic carbocycles. The second-order valence-electron chi connectivity index (χ2n) is 5.92. The summed E-state index contributed by atoms with van der Waals surface area (Å²) in [4.78, 5) is 14.2. The highest BCUT2D eigenvalue weighted by Crippen LogP contribution is 2.54. The Balaban J connectivity index is 1.60. The van der Waals surface area contributed by atoms with Crippen molar-refractivity contribution in [3.63, 3.8) is 0 Å². The summed E-state index contributed by atoms with van der Waals surface area (Å²) in [6.07, 6.45) is 4.80. The number of carbonyl (C=O) groups is 1. The Hall–Kier alpha value is -1.61. The lowest BCUT2D eigenvalue weighted by Crippen LogP contribution is -2.36. The first kappa shape index (κ1) is 11.2. The first-order chi connectivity index (χ1) is 9.25. The van der Waals surface area contributed by atoms with Gasteiger partial charge in [0.2, 0.25) is 5.91 Å².